The number of nitrogens with two attached hydrogens (primary N) is 2. The summed E-state index contributed by atoms with van der Waals surface area (Å²) in [6.07, 6.45) is 5.01. The molecule has 0 bridgehead atoms. The molecule has 1 aromatic heterocycles. The number of hydrogen-bond acceptors (Lipinski definition) is 12. The van der Waals surface area contributed by atoms with Crippen LogP contribution in [0.25, 0.3) is 0 Å². The summed E-state index contributed by atoms with van der Waals surface area (Å²) in [6.45, 7) is 12.8. The number of Topliss-reactive ketones (excluding diaryl/α,β-unsaturated/α-hetero) is 1. The third-order valence-corrected chi connectivity index (χ3v) is 12.7. The van der Waals surface area contributed by atoms with Crippen molar-refractivity contribution in [1.82, 2.24) is 14.8 Å². The predicted molar refractivity (Wildman–Crippen MR) is 292 cm³/mol. The van der Waals surface area contributed by atoms with E-state index in [9.17, 15) is 18.4 Å². The van der Waals surface area contributed by atoms with E-state index >= 15 is 0 Å². The molecular formula is C49H64BrF2N8O4PS3. The van der Waals surface area contributed by atoms with Crippen molar-refractivity contribution in [3.63, 3.8) is 0 Å². The van der Waals surface area contributed by atoms with E-state index in [0.717, 1.165) is 91.9 Å². The number of carbonyl (C=O) groups excluding carboxylic acids is 2. The Bertz CT molecular complexity index is 2380. The Morgan fingerprint density at radius 2 is 1.37 bits per heavy atom. The van der Waals surface area contributed by atoms with Gasteiger partial charge in [-0.2, -0.15) is 14.9 Å². The molecule has 0 saturated carbocycles. The van der Waals surface area contributed by atoms with Gasteiger partial charge in [0.1, 0.15) is 46.0 Å². The summed E-state index contributed by atoms with van der Waals surface area (Å²) in [5.41, 5.74) is 14.0. The molecule has 368 valence electrons. The van der Waals surface area contributed by atoms with Gasteiger partial charge in [-0.25, -0.2) is 13.8 Å². The number of piperidine rings is 2. The molecule has 0 radical (unpaired) electrons. The number of nitrogens with one attached hydrogen (secondary N) is 2. The number of ketones is 2. The molecule has 0 spiro atoms. The summed E-state index contributed by atoms with van der Waals surface area (Å²) in [7, 11) is 0. The highest BCUT2D eigenvalue weighted by Gasteiger charge is 2.22. The highest BCUT2D eigenvalue weighted by molar-refractivity contribution is 9.09. The molecule has 4 aromatic carbocycles. The molecular weight excluding hydrogens is 1010 g/mol. The van der Waals surface area contributed by atoms with Crippen LogP contribution < -0.4 is 31.6 Å². The first-order chi connectivity index (χ1) is 31.8. The average Bonchev–Trinajstić information content (AvgIpc) is 3.69. The number of nitrogen functional groups attached to an aromatic ring is 1. The molecule has 2 fully saturated rings. The van der Waals surface area contributed by atoms with Gasteiger partial charge in [0.15, 0.2) is 21.2 Å². The lowest BCUT2D eigenvalue weighted by molar-refractivity contribution is 0.0919. The second kappa shape index (κ2) is 30.1. The van der Waals surface area contributed by atoms with E-state index in [4.69, 9.17) is 33.2 Å². The summed E-state index contributed by atoms with van der Waals surface area (Å²) in [5, 5.41) is 7.81. The zero-order valence-corrected chi connectivity index (χ0v) is 43.5. The largest absolute Gasteiger partial charge is 0.489 e. The third kappa shape index (κ3) is 19.1. The minimum absolute atomic E-state index is 0. The standard InChI is InChI=1S/C23H25FN4O2S.C17H26N4OS2.C8H6BrFO.CH4.H3P/c1-2-28-12-4-7-19(14-28)30-18-10-8-17(9-11-18)26-23-27-22(25)21(31-23)20(29)15-5-3-6-16(24)13-15;1-3-21-11-5-6-15(12-21)22-14-9-7-13(8-10-14)19-17(23)20-16(18)24-4-2;9-5-8(11)6-2-1-3-7(10)4-6;;/h3,5-6,8-11,13,19H,2,4,7,12,14,25H2,1H3,(H,26,27);7-10,15H,3-6,11-12H2,1-2H3,(H3,18,19,20,23);1-4H,5H2;1H4;1H3. The van der Waals surface area contributed by atoms with Crippen LogP contribution in [-0.4, -0.2) is 99.2 Å². The number of halogens is 3. The first-order valence-electron chi connectivity index (χ1n) is 21.8. The van der Waals surface area contributed by atoms with Gasteiger partial charge in [-0.15, -0.1) is 0 Å². The molecule has 2 aliphatic heterocycles. The monoisotopic (exact) mass is 1070 g/mol. The van der Waals surface area contributed by atoms with E-state index in [-0.39, 0.29) is 68.5 Å². The lowest BCUT2D eigenvalue weighted by atomic mass is 10.1. The van der Waals surface area contributed by atoms with Crippen molar-refractivity contribution in [2.75, 3.05) is 66.7 Å². The molecule has 2 aliphatic rings. The Labute approximate surface area is 425 Å². The van der Waals surface area contributed by atoms with E-state index in [2.05, 4.69) is 60.2 Å². The minimum atomic E-state index is -0.467. The van der Waals surface area contributed by atoms with E-state index in [1.807, 2.05) is 55.5 Å². The quantitative estimate of drug-likeness (QED) is 0.0208. The fourth-order valence-electron chi connectivity index (χ4n) is 7.01. The Morgan fingerprint density at radius 1 is 0.853 bits per heavy atom. The van der Waals surface area contributed by atoms with Gasteiger partial charge < -0.3 is 31.6 Å². The Balaban J connectivity index is 0.000000294. The molecule has 68 heavy (non-hydrogen) atoms. The highest BCUT2D eigenvalue weighted by Crippen LogP contribution is 2.31. The number of anilines is 4. The van der Waals surface area contributed by atoms with Crippen molar-refractivity contribution in [2.24, 2.45) is 10.7 Å². The van der Waals surface area contributed by atoms with Gasteiger partial charge in [-0.3, -0.25) is 19.4 Å². The number of likely N-dealkylation sites (tertiary alicyclic amines) is 2. The smallest absolute Gasteiger partial charge is 0.206 e. The van der Waals surface area contributed by atoms with Crippen LogP contribution >= 0.6 is 61.1 Å². The van der Waals surface area contributed by atoms with Crippen LogP contribution in [0.3, 0.4) is 0 Å². The number of alkyl halides is 1. The number of thiazole rings is 1. The van der Waals surface area contributed by atoms with E-state index in [1.165, 1.54) is 61.1 Å². The van der Waals surface area contributed by atoms with E-state index in [0.29, 0.717) is 21.0 Å². The van der Waals surface area contributed by atoms with Crippen molar-refractivity contribution in [2.45, 2.75) is 66.1 Å². The molecule has 5 aromatic rings. The molecule has 19 heteroatoms. The van der Waals surface area contributed by atoms with Crippen molar-refractivity contribution in [3.05, 3.63) is 125 Å². The molecule has 6 N–H and O–H groups in total. The molecule has 0 aliphatic carbocycles. The summed E-state index contributed by atoms with van der Waals surface area (Å²) in [4.78, 5) is 37.1. The highest BCUT2D eigenvalue weighted by atomic mass is 79.9. The zero-order chi connectivity index (χ0) is 47.4. The topological polar surface area (TPSA) is 160 Å². The maximum Gasteiger partial charge on any atom is 0.206 e. The lowest BCUT2D eigenvalue weighted by Crippen LogP contribution is -2.40. The number of thioether (sulfide) groups is 1. The van der Waals surface area contributed by atoms with Gasteiger partial charge >= 0.3 is 0 Å². The Kier molecular flexibility index (Phi) is 25.6. The number of aromatic nitrogens is 1. The Morgan fingerprint density at radius 3 is 1.87 bits per heavy atom. The van der Waals surface area contributed by atoms with E-state index < -0.39 is 5.82 Å². The fraction of sp³-hybridized carbons (Fsp3) is 0.367. The maximum absolute atomic E-state index is 13.4. The summed E-state index contributed by atoms with van der Waals surface area (Å²) in [5.74, 6) is 1.42. The molecule has 3 atom stereocenters. The fourth-order valence-corrected chi connectivity index (χ4v) is 8.93. The van der Waals surface area contributed by atoms with Crippen molar-refractivity contribution in [1.29, 1.82) is 0 Å². The lowest BCUT2D eigenvalue weighted by Gasteiger charge is -2.32. The van der Waals surface area contributed by atoms with Crippen molar-refractivity contribution in [3.8, 4) is 11.5 Å². The van der Waals surface area contributed by atoms with Crippen molar-refractivity contribution < 1.29 is 27.8 Å². The van der Waals surface area contributed by atoms with E-state index in [1.54, 1.807) is 12.1 Å². The van der Waals surface area contributed by atoms with Crippen LogP contribution in [0.4, 0.5) is 31.1 Å². The van der Waals surface area contributed by atoms with Crippen LogP contribution in [0.2, 0.25) is 0 Å². The molecule has 12 nitrogen and oxygen atoms in total. The van der Waals surface area contributed by atoms with Crippen LogP contribution in [0.5, 0.6) is 11.5 Å². The SMILES string of the molecule is C.CCN1CCCC(Oc2ccc(Nc3nc(N)c(C(=O)c4cccc(F)c4)s3)cc2)C1.CCSC(N)=NC(=S)Nc1ccc(OC2CCCN(CC)C2)cc1.O=C(CBr)c1cccc(F)c1.P. The number of ether oxygens (including phenoxy) is 2. The number of likely N-dealkylation sites (N-methyl/N-ethyl adjacent to an activating group) is 2. The van der Waals surface area contributed by atoms with Crippen LogP contribution in [0.15, 0.2) is 102 Å². The van der Waals surface area contributed by atoms with Gasteiger partial charge in [0, 0.05) is 35.6 Å². The van der Waals surface area contributed by atoms with Crippen LogP contribution in [0, 0.1) is 11.6 Å². The number of carbonyl (C=O) groups is 2. The van der Waals surface area contributed by atoms with Gasteiger partial charge in [0.2, 0.25) is 5.78 Å². The van der Waals surface area contributed by atoms with Gasteiger partial charge in [-0.05, 0) is 143 Å². The summed E-state index contributed by atoms with van der Waals surface area (Å²) in [6, 6.07) is 26.6. The number of benzene rings is 4. The van der Waals surface area contributed by atoms with Crippen molar-refractivity contribution >= 4 is 105 Å². The average molecular weight is 1070 g/mol. The molecule has 7 rings (SSSR count). The molecule has 3 heterocycles. The number of nitrogens with zero attached hydrogens (tertiary/aromatic N) is 4. The number of rotatable bonds is 14. The number of hydrogen-bond donors (Lipinski definition) is 4. The van der Waals surface area contributed by atoms with Crippen LogP contribution in [0.1, 0.15) is 79.5 Å². The zero-order valence-electron chi connectivity index (χ0n) is 38.0. The Hall–Kier alpha value is -4.55. The second-order valence-electron chi connectivity index (χ2n) is 15.2. The first kappa shape index (κ1) is 57.8. The molecule has 3 unspecified atom stereocenters. The maximum atomic E-state index is 13.4. The van der Waals surface area contributed by atoms with Crippen LogP contribution in [-0.2, 0) is 0 Å². The van der Waals surface area contributed by atoms with Gasteiger partial charge in [0.25, 0.3) is 0 Å². The predicted octanol–water partition coefficient (Wildman–Crippen LogP) is 11.1. The summed E-state index contributed by atoms with van der Waals surface area (Å²) >= 11 is 10.8. The van der Waals surface area contributed by atoms with Gasteiger partial charge in [0.05, 0.1) is 5.33 Å². The third-order valence-electron chi connectivity index (χ3n) is 10.4. The van der Waals surface area contributed by atoms with Gasteiger partial charge in [-0.1, -0.05) is 91.5 Å². The molecule has 2 saturated heterocycles. The minimum Gasteiger partial charge on any atom is -0.489 e. The summed E-state index contributed by atoms with van der Waals surface area (Å²) < 4.78 is 38.1. The second-order valence-corrected chi connectivity index (χ2v) is 18.4. The number of aliphatic imine (C=N–C) groups is 1. The first-order valence-corrected chi connectivity index (χ1v) is 25.1. The molecule has 0 amide bonds. The number of thiocarbonyl (C=S) groups is 1. The normalized spacial score (nSPS) is 15.9. The number of amidine groups is 1.